The molecule has 0 fully saturated rings. The number of benzene rings is 1. The van der Waals surface area contributed by atoms with Crippen LogP contribution in [0.2, 0.25) is 0 Å². The fourth-order valence-corrected chi connectivity index (χ4v) is 4.45. The van der Waals surface area contributed by atoms with Crippen molar-refractivity contribution >= 4 is 32.4 Å². The van der Waals surface area contributed by atoms with Crippen LogP contribution in [0.15, 0.2) is 17.5 Å². The number of phenolic OH excluding ortho intramolecular Hbond substituents is 3. The van der Waals surface area contributed by atoms with Crippen LogP contribution in [-0.4, -0.2) is 46.9 Å². The van der Waals surface area contributed by atoms with Gasteiger partial charge in [0.1, 0.15) is 5.69 Å². The highest BCUT2D eigenvalue weighted by Crippen LogP contribution is 2.37. The molecule has 9 nitrogen and oxygen atoms in total. The van der Waals surface area contributed by atoms with Gasteiger partial charge in [0, 0.05) is 23.4 Å². The average molecular weight is 468 g/mol. The quantitative estimate of drug-likeness (QED) is 0.194. The van der Waals surface area contributed by atoms with Crippen LogP contribution >= 0.6 is 11.3 Å². The van der Waals surface area contributed by atoms with Crippen molar-refractivity contribution in [1.29, 1.82) is 0 Å². The Bertz CT molecular complexity index is 1060. The smallest absolute Gasteiger partial charge is 0.271 e. The lowest BCUT2D eigenvalue weighted by atomic mass is 9.98. The van der Waals surface area contributed by atoms with E-state index >= 15 is 0 Å². The Hall–Kier alpha value is -2.97. The number of anilines is 1. The van der Waals surface area contributed by atoms with Gasteiger partial charge in [-0.25, -0.2) is 13.4 Å². The molecule has 0 saturated heterocycles. The molecule has 0 bridgehead atoms. The molecule has 11 heteroatoms. The molecule has 1 aromatic heterocycles. The summed E-state index contributed by atoms with van der Waals surface area (Å²) in [4.78, 5) is 16.6. The Labute approximate surface area is 185 Å². The van der Waals surface area contributed by atoms with Gasteiger partial charge < -0.3 is 20.6 Å². The molecule has 0 saturated carbocycles. The van der Waals surface area contributed by atoms with Crippen molar-refractivity contribution in [1.82, 2.24) is 10.3 Å². The number of aromatic hydroxyl groups is 3. The van der Waals surface area contributed by atoms with E-state index in [4.69, 9.17) is 6.42 Å². The largest absolute Gasteiger partial charge is 0.504 e. The van der Waals surface area contributed by atoms with Gasteiger partial charge >= 0.3 is 0 Å². The zero-order chi connectivity index (χ0) is 23.0. The van der Waals surface area contributed by atoms with Crippen molar-refractivity contribution in [2.75, 3.05) is 11.0 Å². The molecule has 1 amide bonds. The van der Waals surface area contributed by atoms with Gasteiger partial charge in [-0.3, -0.25) is 9.52 Å². The second kappa shape index (κ2) is 10.9. The summed E-state index contributed by atoms with van der Waals surface area (Å²) < 4.78 is 24.9. The van der Waals surface area contributed by atoms with Crippen LogP contribution in [0.5, 0.6) is 17.2 Å². The molecule has 168 valence electrons. The molecule has 0 spiro atoms. The highest BCUT2D eigenvalue weighted by molar-refractivity contribution is 7.92. The summed E-state index contributed by atoms with van der Waals surface area (Å²) in [6.45, 7) is 0. The second-order valence-corrected chi connectivity index (χ2v) is 9.64. The minimum Gasteiger partial charge on any atom is -0.504 e. The number of amides is 1. The summed E-state index contributed by atoms with van der Waals surface area (Å²) >= 11 is 0.987. The topological polar surface area (TPSA) is 149 Å². The molecule has 0 aliphatic rings. The number of rotatable bonds is 11. The molecule has 0 aliphatic carbocycles. The fourth-order valence-electron chi connectivity index (χ4n) is 2.90. The first-order chi connectivity index (χ1) is 14.6. The van der Waals surface area contributed by atoms with Gasteiger partial charge in [0.05, 0.1) is 6.26 Å². The van der Waals surface area contributed by atoms with Crippen LogP contribution in [0.25, 0.3) is 0 Å². The van der Waals surface area contributed by atoms with E-state index in [1.165, 1.54) is 17.5 Å². The summed E-state index contributed by atoms with van der Waals surface area (Å²) in [5, 5.41) is 33.7. The predicted octanol–water partition coefficient (Wildman–Crippen LogP) is 2.56. The minimum atomic E-state index is -3.51. The summed E-state index contributed by atoms with van der Waals surface area (Å²) in [5.41, 5.74) is 0.424. The molecule has 0 aliphatic heterocycles. The number of phenols is 3. The fraction of sp³-hybridized carbons (Fsp3) is 0.400. The molecule has 1 aromatic carbocycles. The Balaban J connectivity index is 2.11. The Morgan fingerprint density at radius 2 is 1.97 bits per heavy atom. The molecule has 2 rings (SSSR count). The third-order valence-electron chi connectivity index (χ3n) is 4.40. The van der Waals surface area contributed by atoms with Gasteiger partial charge in [0.25, 0.3) is 5.91 Å². The van der Waals surface area contributed by atoms with Crippen molar-refractivity contribution in [2.24, 2.45) is 0 Å². The van der Waals surface area contributed by atoms with Crippen LogP contribution < -0.4 is 10.0 Å². The molecule has 2 aromatic rings. The van der Waals surface area contributed by atoms with Gasteiger partial charge in [-0.2, -0.15) is 0 Å². The maximum Gasteiger partial charge on any atom is 0.271 e. The third kappa shape index (κ3) is 7.66. The molecule has 5 N–H and O–H groups in total. The van der Waals surface area contributed by atoms with Crippen molar-refractivity contribution < 1.29 is 28.5 Å². The molecule has 31 heavy (non-hydrogen) atoms. The third-order valence-corrected chi connectivity index (χ3v) is 5.85. The molecular weight excluding hydrogens is 442 g/mol. The lowest BCUT2D eigenvalue weighted by Crippen LogP contribution is -2.36. The number of terminal acetylenes is 1. The lowest BCUT2D eigenvalue weighted by Gasteiger charge is -2.19. The van der Waals surface area contributed by atoms with E-state index in [-0.39, 0.29) is 17.2 Å². The van der Waals surface area contributed by atoms with E-state index in [2.05, 4.69) is 20.9 Å². The molecule has 1 unspecified atom stereocenters. The SMILES string of the molecule is C#CCCCCCC(Cc1ccc(O)c(O)c1O)NC(=O)c1csc(NS(C)(=O)=O)n1. The van der Waals surface area contributed by atoms with Crippen LogP contribution in [-0.2, 0) is 16.4 Å². The number of hydrogen-bond acceptors (Lipinski definition) is 8. The van der Waals surface area contributed by atoms with Crippen LogP contribution in [0.3, 0.4) is 0 Å². The molecule has 1 heterocycles. The number of carbonyl (C=O) groups is 1. The van der Waals surface area contributed by atoms with E-state index in [0.29, 0.717) is 18.4 Å². The first kappa shape index (κ1) is 24.3. The van der Waals surface area contributed by atoms with Gasteiger partial charge in [-0.1, -0.05) is 18.9 Å². The first-order valence-electron chi connectivity index (χ1n) is 9.51. The standard InChI is InChI=1S/C20H25N3O6S2/c1-3-4-5-6-7-8-14(11-13-9-10-16(24)18(26)17(13)25)21-19(27)15-12-30-20(22-15)23-31(2,28)29/h1,9-10,12,14,24-26H,4-8,11H2,2H3,(H,21,27)(H,22,23). The summed E-state index contributed by atoms with van der Waals surface area (Å²) in [7, 11) is -3.51. The highest BCUT2D eigenvalue weighted by atomic mass is 32.2. The lowest BCUT2D eigenvalue weighted by molar-refractivity contribution is 0.0929. The summed E-state index contributed by atoms with van der Waals surface area (Å²) in [6, 6.07) is 2.33. The first-order valence-corrected chi connectivity index (χ1v) is 12.3. The number of aromatic nitrogens is 1. The van der Waals surface area contributed by atoms with Gasteiger partial charge in [-0.05, 0) is 25.3 Å². The Kier molecular flexibility index (Phi) is 8.53. The maximum absolute atomic E-state index is 12.6. The highest BCUT2D eigenvalue weighted by Gasteiger charge is 2.20. The number of hydrogen-bond donors (Lipinski definition) is 5. The number of nitrogens with one attached hydrogen (secondary N) is 2. The molecular formula is C20H25N3O6S2. The Morgan fingerprint density at radius 3 is 2.65 bits per heavy atom. The van der Waals surface area contributed by atoms with Crippen molar-refractivity contribution in [3.05, 3.63) is 28.8 Å². The zero-order valence-electron chi connectivity index (χ0n) is 17.0. The van der Waals surface area contributed by atoms with Gasteiger partial charge in [-0.15, -0.1) is 23.7 Å². The normalized spacial score (nSPS) is 12.1. The molecule has 0 radical (unpaired) electrons. The van der Waals surface area contributed by atoms with Crippen molar-refractivity contribution in [3.63, 3.8) is 0 Å². The summed E-state index contributed by atoms with van der Waals surface area (Å²) in [5.74, 6) is 0.582. The number of unbranched alkanes of at least 4 members (excludes halogenated alkanes) is 3. The van der Waals surface area contributed by atoms with E-state index in [1.807, 2.05) is 0 Å². The predicted molar refractivity (Wildman–Crippen MR) is 119 cm³/mol. The van der Waals surface area contributed by atoms with Gasteiger partial charge in [0.2, 0.25) is 15.8 Å². The second-order valence-electron chi connectivity index (χ2n) is 7.03. The minimum absolute atomic E-state index is 0.0613. The number of thiazole rings is 1. The average Bonchev–Trinajstić information content (AvgIpc) is 3.14. The van der Waals surface area contributed by atoms with E-state index in [0.717, 1.165) is 36.9 Å². The Morgan fingerprint density at radius 1 is 1.23 bits per heavy atom. The van der Waals surface area contributed by atoms with E-state index in [9.17, 15) is 28.5 Å². The monoisotopic (exact) mass is 467 g/mol. The van der Waals surface area contributed by atoms with Crippen LogP contribution in [0.4, 0.5) is 5.13 Å². The van der Waals surface area contributed by atoms with E-state index in [1.54, 1.807) is 0 Å². The number of carbonyl (C=O) groups excluding carboxylic acids is 1. The van der Waals surface area contributed by atoms with Crippen molar-refractivity contribution in [3.8, 4) is 29.6 Å². The van der Waals surface area contributed by atoms with Crippen LogP contribution in [0.1, 0.15) is 48.2 Å². The maximum atomic E-state index is 12.6. The summed E-state index contributed by atoms with van der Waals surface area (Å²) in [6.07, 6.45) is 10.2. The number of nitrogens with zero attached hydrogens (tertiary/aromatic N) is 1. The number of sulfonamides is 1. The molecule has 1 atom stereocenters. The van der Waals surface area contributed by atoms with Crippen LogP contribution in [0, 0.1) is 12.3 Å². The van der Waals surface area contributed by atoms with Gasteiger partial charge in [0.15, 0.2) is 16.6 Å². The van der Waals surface area contributed by atoms with Crippen molar-refractivity contribution in [2.45, 2.75) is 44.6 Å². The van der Waals surface area contributed by atoms with E-state index < -0.39 is 39.2 Å². The zero-order valence-corrected chi connectivity index (χ0v) is 18.6.